The molecule has 0 spiro atoms. The van der Waals surface area contributed by atoms with E-state index >= 15 is 0 Å². The second kappa shape index (κ2) is 8.75. The fourth-order valence-electron chi connectivity index (χ4n) is 2.70. The highest BCUT2D eigenvalue weighted by Gasteiger charge is 2.06. The fraction of sp³-hybridized carbons (Fsp3) is 0.200. The van der Waals surface area contributed by atoms with Crippen LogP contribution < -0.4 is 15.9 Å². The lowest BCUT2D eigenvalue weighted by Crippen LogP contribution is -2.21. The van der Waals surface area contributed by atoms with Crippen LogP contribution in [0.4, 0.5) is 11.6 Å². The number of hydrogen-bond acceptors (Lipinski definition) is 6. The van der Waals surface area contributed by atoms with Crippen LogP contribution in [0, 0.1) is 0 Å². The molecular formula is C20H22N6O. The molecular weight excluding hydrogens is 340 g/mol. The minimum Gasteiger partial charge on any atom is -0.372 e. The largest absolute Gasteiger partial charge is 0.372 e. The number of rotatable bonds is 7. The number of hydrazone groups is 1. The molecule has 0 atom stereocenters. The normalized spacial score (nSPS) is 10.9. The Hall–Kier alpha value is -3.48. The van der Waals surface area contributed by atoms with Gasteiger partial charge in [-0.25, -0.2) is 5.43 Å². The molecule has 0 saturated carbocycles. The fourth-order valence-corrected chi connectivity index (χ4v) is 2.70. The summed E-state index contributed by atoms with van der Waals surface area (Å²) < 4.78 is 0. The number of anilines is 2. The molecule has 0 aliphatic rings. The van der Waals surface area contributed by atoms with Gasteiger partial charge in [0.15, 0.2) is 5.69 Å². The zero-order valence-electron chi connectivity index (χ0n) is 15.4. The Labute approximate surface area is 157 Å². The van der Waals surface area contributed by atoms with Crippen molar-refractivity contribution < 1.29 is 0 Å². The molecule has 0 radical (unpaired) electrons. The Morgan fingerprint density at radius 3 is 2.37 bits per heavy atom. The van der Waals surface area contributed by atoms with E-state index in [0.717, 1.165) is 24.2 Å². The quantitative estimate of drug-likeness (QED) is 0.498. The molecule has 3 aromatic rings. The molecule has 0 amide bonds. The number of aromatic nitrogens is 3. The van der Waals surface area contributed by atoms with Gasteiger partial charge < -0.3 is 4.90 Å². The highest BCUT2D eigenvalue weighted by Crippen LogP contribution is 2.14. The van der Waals surface area contributed by atoms with Crippen molar-refractivity contribution in [2.45, 2.75) is 13.8 Å². The summed E-state index contributed by atoms with van der Waals surface area (Å²) in [5, 5.41) is 12.1. The van der Waals surface area contributed by atoms with E-state index < -0.39 is 0 Å². The maximum absolute atomic E-state index is 12.2. The van der Waals surface area contributed by atoms with Crippen LogP contribution in [0.3, 0.4) is 0 Å². The van der Waals surface area contributed by atoms with E-state index in [4.69, 9.17) is 0 Å². The second-order valence-electron chi connectivity index (χ2n) is 5.85. The third-order valence-corrected chi connectivity index (χ3v) is 4.15. The molecule has 0 bridgehead atoms. The molecule has 0 saturated heterocycles. The molecule has 27 heavy (non-hydrogen) atoms. The number of nitrogens with zero attached hydrogens (tertiary/aromatic N) is 4. The average Bonchev–Trinajstić information content (AvgIpc) is 2.71. The Morgan fingerprint density at radius 1 is 1.04 bits per heavy atom. The van der Waals surface area contributed by atoms with Crippen LogP contribution in [0.1, 0.15) is 19.4 Å². The van der Waals surface area contributed by atoms with Crippen LogP contribution in [0.25, 0.3) is 11.3 Å². The van der Waals surface area contributed by atoms with Crippen molar-refractivity contribution in [1.29, 1.82) is 0 Å². The zero-order valence-corrected chi connectivity index (χ0v) is 15.4. The Bertz CT molecular complexity index is 946. The third kappa shape index (κ3) is 4.58. The maximum Gasteiger partial charge on any atom is 0.279 e. The van der Waals surface area contributed by atoms with Gasteiger partial charge in [0.2, 0.25) is 5.95 Å². The lowest BCUT2D eigenvalue weighted by atomic mass is 10.2. The monoisotopic (exact) mass is 362 g/mol. The summed E-state index contributed by atoms with van der Waals surface area (Å²) in [6.45, 7) is 6.20. The van der Waals surface area contributed by atoms with Gasteiger partial charge in [0.25, 0.3) is 5.56 Å². The molecule has 2 N–H and O–H groups in total. The predicted octanol–water partition coefficient (Wildman–Crippen LogP) is 3.12. The number of H-pyrrole nitrogens is 1. The van der Waals surface area contributed by atoms with Crippen molar-refractivity contribution >= 4 is 17.9 Å². The Balaban J connectivity index is 1.66. The molecule has 0 unspecified atom stereocenters. The molecule has 0 aliphatic carbocycles. The summed E-state index contributed by atoms with van der Waals surface area (Å²) in [5.74, 6) is 0.190. The summed E-state index contributed by atoms with van der Waals surface area (Å²) in [4.78, 5) is 17.1. The Morgan fingerprint density at radius 2 is 1.74 bits per heavy atom. The van der Waals surface area contributed by atoms with Crippen molar-refractivity contribution in [3.05, 3.63) is 70.5 Å². The van der Waals surface area contributed by atoms with E-state index in [-0.39, 0.29) is 17.2 Å². The lowest BCUT2D eigenvalue weighted by Gasteiger charge is -2.20. The minimum atomic E-state index is -0.322. The van der Waals surface area contributed by atoms with Gasteiger partial charge in [0, 0.05) is 24.3 Å². The van der Waals surface area contributed by atoms with Crippen LogP contribution >= 0.6 is 0 Å². The molecule has 3 rings (SSSR count). The first-order chi connectivity index (χ1) is 13.2. The predicted molar refractivity (Wildman–Crippen MR) is 109 cm³/mol. The number of benzene rings is 2. The molecule has 2 aromatic carbocycles. The maximum atomic E-state index is 12.2. The topological polar surface area (TPSA) is 86.3 Å². The van der Waals surface area contributed by atoms with Crippen molar-refractivity contribution in [2.75, 3.05) is 23.4 Å². The lowest BCUT2D eigenvalue weighted by molar-refractivity contribution is 0.866. The molecule has 1 aromatic heterocycles. The van der Waals surface area contributed by atoms with E-state index in [1.807, 2.05) is 42.5 Å². The number of nitrogens with one attached hydrogen (secondary N) is 2. The standard InChI is InChI=1S/C20H22N6O/c1-3-26(4-2)17-12-10-15(11-13-17)14-21-24-20-22-19(27)18(23-25-20)16-8-6-5-7-9-16/h5-14H,3-4H2,1-2H3,(H2,22,24,25,27). The molecule has 7 nitrogen and oxygen atoms in total. The van der Waals surface area contributed by atoms with E-state index in [1.54, 1.807) is 6.21 Å². The molecule has 0 fully saturated rings. The van der Waals surface area contributed by atoms with E-state index in [1.165, 1.54) is 5.69 Å². The first-order valence-electron chi connectivity index (χ1n) is 8.87. The van der Waals surface area contributed by atoms with Gasteiger partial charge in [0.1, 0.15) is 0 Å². The van der Waals surface area contributed by atoms with Gasteiger partial charge in [-0.3, -0.25) is 9.78 Å². The van der Waals surface area contributed by atoms with Gasteiger partial charge in [-0.1, -0.05) is 42.5 Å². The van der Waals surface area contributed by atoms with Gasteiger partial charge in [-0.05, 0) is 31.5 Å². The summed E-state index contributed by atoms with van der Waals surface area (Å²) >= 11 is 0. The van der Waals surface area contributed by atoms with E-state index in [9.17, 15) is 4.79 Å². The van der Waals surface area contributed by atoms with Crippen LogP contribution in [0.5, 0.6) is 0 Å². The van der Waals surface area contributed by atoms with Crippen LogP contribution in [0.15, 0.2) is 64.5 Å². The number of hydrogen-bond donors (Lipinski definition) is 2. The first-order valence-corrected chi connectivity index (χ1v) is 8.87. The SMILES string of the molecule is CCN(CC)c1ccc(C=NNc2nnc(-c3ccccc3)c(=O)[nH]2)cc1. The summed E-state index contributed by atoms with van der Waals surface area (Å²) in [6, 6.07) is 17.3. The Kier molecular flexibility index (Phi) is 5.94. The van der Waals surface area contributed by atoms with Crippen molar-refractivity contribution in [3.8, 4) is 11.3 Å². The summed E-state index contributed by atoms with van der Waals surface area (Å²) in [5.41, 5.74) is 5.49. The van der Waals surface area contributed by atoms with Crippen LogP contribution in [-0.2, 0) is 0 Å². The highest BCUT2D eigenvalue weighted by molar-refractivity contribution is 5.80. The zero-order chi connectivity index (χ0) is 19.1. The summed E-state index contributed by atoms with van der Waals surface area (Å²) in [7, 11) is 0. The van der Waals surface area contributed by atoms with Gasteiger partial charge in [-0.2, -0.15) is 5.10 Å². The second-order valence-corrected chi connectivity index (χ2v) is 5.85. The molecule has 1 heterocycles. The minimum absolute atomic E-state index is 0.190. The first kappa shape index (κ1) is 18.3. The van der Waals surface area contributed by atoms with Gasteiger partial charge >= 0.3 is 0 Å². The van der Waals surface area contributed by atoms with Gasteiger partial charge in [0.05, 0.1) is 6.21 Å². The summed E-state index contributed by atoms with van der Waals surface area (Å²) in [6.07, 6.45) is 1.66. The number of aromatic amines is 1. The van der Waals surface area contributed by atoms with Crippen molar-refractivity contribution in [1.82, 2.24) is 15.2 Å². The average molecular weight is 362 g/mol. The molecule has 138 valence electrons. The van der Waals surface area contributed by atoms with E-state index in [2.05, 4.69) is 56.6 Å². The van der Waals surface area contributed by atoms with Crippen molar-refractivity contribution in [2.24, 2.45) is 5.10 Å². The van der Waals surface area contributed by atoms with Crippen LogP contribution in [-0.4, -0.2) is 34.5 Å². The van der Waals surface area contributed by atoms with E-state index in [0.29, 0.717) is 0 Å². The molecule has 7 heteroatoms. The van der Waals surface area contributed by atoms with Crippen molar-refractivity contribution in [3.63, 3.8) is 0 Å². The smallest absolute Gasteiger partial charge is 0.279 e. The van der Waals surface area contributed by atoms with Crippen LogP contribution in [0.2, 0.25) is 0 Å². The third-order valence-electron chi connectivity index (χ3n) is 4.15. The molecule has 0 aliphatic heterocycles. The van der Waals surface area contributed by atoms with Gasteiger partial charge in [-0.15, -0.1) is 10.2 Å². The highest BCUT2D eigenvalue weighted by atomic mass is 16.1.